The minimum absolute atomic E-state index is 0.0147. The Labute approximate surface area is 449 Å². The SMILES string of the molecule is CC(C)(C)c1ccc(N(c2ccc(C(C)(C)C)cc2)c2ccc(-c3c(-c4ccccc4)cc(N(c4ccc(C(C)(C)C)cc4)c4ccc(C(C)(C)C)cc4)c4c3C(C)(C)c3ccccc3-4)c(-c3ccccc3)c2)cc1. The van der Waals surface area contributed by atoms with Gasteiger partial charge in [0.15, 0.2) is 0 Å². The van der Waals surface area contributed by atoms with E-state index in [1.807, 2.05) is 0 Å². The summed E-state index contributed by atoms with van der Waals surface area (Å²) in [4.78, 5) is 4.97. The molecule has 0 heterocycles. The third kappa shape index (κ3) is 9.77. The predicted molar refractivity (Wildman–Crippen MR) is 324 cm³/mol. The first-order chi connectivity index (χ1) is 35.5. The fourth-order valence-corrected chi connectivity index (χ4v) is 11.3. The van der Waals surface area contributed by atoms with Crippen LogP contribution < -0.4 is 9.80 Å². The molecule has 0 aromatic heterocycles. The average Bonchev–Trinajstić information content (AvgIpc) is 3.68. The second-order valence-corrected chi connectivity index (χ2v) is 25.6. The molecule has 2 nitrogen and oxygen atoms in total. The van der Waals surface area contributed by atoms with Gasteiger partial charge in [-0.05, 0) is 161 Å². The van der Waals surface area contributed by atoms with Crippen molar-refractivity contribution < 1.29 is 0 Å². The molecule has 75 heavy (non-hydrogen) atoms. The summed E-state index contributed by atoms with van der Waals surface area (Å²) in [6, 6.07) is 78.1. The topological polar surface area (TPSA) is 6.48 Å². The number of hydrogen-bond donors (Lipinski definition) is 0. The lowest BCUT2D eigenvalue weighted by atomic mass is 9.75. The molecule has 9 aromatic rings. The molecule has 0 aliphatic heterocycles. The first-order valence-corrected chi connectivity index (χ1v) is 27.1. The number of fused-ring (bicyclic) bond motifs is 3. The molecule has 2 heteroatoms. The van der Waals surface area contributed by atoms with Crippen molar-refractivity contribution in [3.05, 3.63) is 240 Å². The molecule has 0 fully saturated rings. The van der Waals surface area contributed by atoms with E-state index in [2.05, 4.69) is 313 Å². The lowest BCUT2D eigenvalue weighted by Crippen LogP contribution is -2.19. The monoisotopic (exact) mass is 981 g/mol. The van der Waals surface area contributed by atoms with Gasteiger partial charge in [0.2, 0.25) is 0 Å². The largest absolute Gasteiger partial charge is 0.310 e. The Bertz CT molecular complexity index is 3360. The van der Waals surface area contributed by atoms with Crippen LogP contribution in [0.4, 0.5) is 34.1 Å². The van der Waals surface area contributed by atoms with E-state index in [4.69, 9.17) is 0 Å². The van der Waals surface area contributed by atoms with Crippen molar-refractivity contribution >= 4 is 34.1 Å². The molecular formula is C73H76N2. The highest BCUT2D eigenvalue weighted by atomic mass is 15.1. The summed E-state index contributed by atoms with van der Waals surface area (Å²) in [5, 5.41) is 0. The van der Waals surface area contributed by atoms with Crippen LogP contribution in [0.5, 0.6) is 0 Å². The Morgan fingerprint density at radius 1 is 0.293 bits per heavy atom. The summed E-state index contributed by atoms with van der Waals surface area (Å²) in [6.45, 7) is 32.4. The standard InChI is InChI=1S/C73H76N2/c1-69(2,3)51-29-37-55(38-30-51)74(56-39-31-52(32-40-56)70(4,5)6)59-45-46-60(62(47-59)49-23-17-15-18-24-49)66-63(50-25-19-16-20-26-50)48-65(67-61-27-21-22-28-64(61)73(13,14)68(66)67)75(57-41-33-53(34-42-57)71(7,8)9)58-43-35-54(36-44-58)72(10,11)12/h15-48H,1-14H3. The van der Waals surface area contributed by atoms with Crippen LogP contribution in [0, 0.1) is 0 Å². The van der Waals surface area contributed by atoms with E-state index in [0.29, 0.717) is 0 Å². The van der Waals surface area contributed by atoms with Gasteiger partial charge in [0.1, 0.15) is 0 Å². The summed E-state index contributed by atoms with van der Waals surface area (Å²) in [6.07, 6.45) is 0. The van der Waals surface area contributed by atoms with Gasteiger partial charge in [-0.15, -0.1) is 0 Å². The minimum Gasteiger partial charge on any atom is -0.310 e. The van der Waals surface area contributed by atoms with Gasteiger partial charge in [0.05, 0.1) is 5.69 Å². The lowest BCUT2D eigenvalue weighted by molar-refractivity contribution is 0.590. The van der Waals surface area contributed by atoms with Crippen molar-refractivity contribution in [3.63, 3.8) is 0 Å². The van der Waals surface area contributed by atoms with Crippen LogP contribution in [-0.2, 0) is 27.1 Å². The zero-order valence-corrected chi connectivity index (χ0v) is 47.0. The first kappa shape index (κ1) is 51.1. The zero-order chi connectivity index (χ0) is 53.2. The van der Waals surface area contributed by atoms with Crippen molar-refractivity contribution in [2.75, 3.05) is 9.80 Å². The van der Waals surface area contributed by atoms with Crippen molar-refractivity contribution in [1.82, 2.24) is 0 Å². The Balaban J connectivity index is 1.29. The van der Waals surface area contributed by atoms with Gasteiger partial charge >= 0.3 is 0 Å². The van der Waals surface area contributed by atoms with Crippen molar-refractivity contribution in [1.29, 1.82) is 0 Å². The molecule has 0 spiro atoms. The lowest BCUT2D eigenvalue weighted by Gasteiger charge is -2.33. The van der Waals surface area contributed by atoms with Crippen molar-refractivity contribution in [2.24, 2.45) is 0 Å². The van der Waals surface area contributed by atoms with E-state index in [9.17, 15) is 0 Å². The highest BCUT2D eigenvalue weighted by Gasteiger charge is 2.42. The Morgan fingerprint density at radius 3 is 1.07 bits per heavy atom. The van der Waals surface area contributed by atoms with Gasteiger partial charge in [-0.2, -0.15) is 0 Å². The third-order valence-corrected chi connectivity index (χ3v) is 15.7. The van der Waals surface area contributed by atoms with E-state index in [1.165, 1.54) is 83.6 Å². The van der Waals surface area contributed by atoms with E-state index in [0.717, 1.165) is 28.4 Å². The number of benzene rings is 9. The molecule has 1 aliphatic carbocycles. The Hall–Kier alpha value is -7.42. The fraction of sp³-hybridized carbons (Fsp3) is 0.260. The van der Waals surface area contributed by atoms with Crippen LogP contribution >= 0.6 is 0 Å². The summed E-state index contributed by atoms with van der Waals surface area (Å²) in [5.74, 6) is 0. The smallest absolute Gasteiger partial charge is 0.0549 e. The van der Waals surface area contributed by atoms with Gasteiger partial charge in [-0.1, -0.05) is 236 Å². The second kappa shape index (κ2) is 19.1. The van der Waals surface area contributed by atoms with E-state index in [-0.39, 0.29) is 27.1 Å². The Kier molecular flexibility index (Phi) is 13.0. The van der Waals surface area contributed by atoms with Gasteiger partial charge in [0, 0.05) is 39.4 Å². The van der Waals surface area contributed by atoms with E-state index >= 15 is 0 Å². The number of anilines is 6. The fourth-order valence-electron chi connectivity index (χ4n) is 11.3. The van der Waals surface area contributed by atoms with Crippen LogP contribution in [0.25, 0.3) is 44.5 Å². The van der Waals surface area contributed by atoms with Crippen LogP contribution in [0.1, 0.15) is 130 Å². The molecule has 0 N–H and O–H groups in total. The maximum atomic E-state index is 2.53. The predicted octanol–water partition coefficient (Wildman–Crippen LogP) is 21.1. The molecule has 0 radical (unpaired) electrons. The molecule has 10 rings (SSSR count). The van der Waals surface area contributed by atoms with Gasteiger partial charge in [-0.3, -0.25) is 0 Å². The van der Waals surface area contributed by atoms with E-state index in [1.54, 1.807) is 0 Å². The highest BCUT2D eigenvalue weighted by molar-refractivity contribution is 6.06. The van der Waals surface area contributed by atoms with Crippen LogP contribution in [0.15, 0.2) is 206 Å². The molecule has 0 saturated heterocycles. The quantitative estimate of drug-likeness (QED) is 0.142. The van der Waals surface area contributed by atoms with Crippen LogP contribution in [0.3, 0.4) is 0 Å². The molecule has 0 unspecified atom stereocenters. The molecule has 378 valence electrons. The summed E-state index contributed by atoms with van der Waals surface area (Å²) in [7, 11) is 0. The number of nitrogens with zero attached hydrogens (tertiary/aromatic N) is 2. The van der Waals surface area contributed by atoms with Gasteiger partial charge in [-0.25, -0.2) is 0 Å². The van der Waals surface area contributed by atoms with Crippen LogP contribution in [-0.4, -0.2) is 0 Å². The maximum absolute atomic E-state index is 2.53. The molecule has 0 bridgehead atoms. The maximum Gasteiger partial charge on any atom is 0.0549 e. The molecule has 0 saturated carbocycles. The summed E-state index contributed by atoms with van der Waals surface area (Å²) >= 11 is 0. The minimum atomic E-state index is -0.374. The number of hydrogen-bond acceptors (Lipinski definition) is 2. The third-order valence-electron chi connectivity index (χ3n) is 15.7. The second-order valence-electron chi connectivity index (χ2n) is 25.6. The highest BCUT2D eigenvalue weighted by Crippen LogP contribution is 2.60. The molecule has 0 atom stereocenters. The zero-order valence-electron chi connectivity index (χ0n) is 47.0. The average molecular weight is 981 g/mol. The summed E-state index contributed by atoms with van der Waals surface area (Å²) in [5.41, 5.74) is 24.1. The first-order valence-electron chi connectivity index (χ1n) is 27.1. The van der Waals surface area contributed by atoms with Gasteiger partial charge < -0.3 is 9.80 Å². The molecular weight excluding hydrogens is 905 g/mol. The summed E-state index contributed by atoms with van der Waals surface area (Å²) < 4.78 is 0. The Morgan fingerprint density at radius 2 is 0.653 bits per heavy atom. The normalized spacial score (nSPS) is 13.3. The number of rotatable bonds is 9. The molecule has 9 aromatic carbocycles. The van der Waals surface area contributed by atoms with Gasteiger partial charge in [0.25, 0.3) is 0 Å². The van der Waals surface area contributed by atoms with Crippen molar-refractivity contribution in [3.8, 4) is 44.5 Å². The molecule has 0 amide bonds. The van der Waals surface area contributed by atoms with Crippen molar-refractivity contribution in [2.45, 2.75) is 124 Å². The van der Waals surface area contributed by atoms with E-state index < -0.39 is 0 Å². The molecule has 1 aliphatic rings. The van der Waals surface area contributed by atoms with Crippen LogP contribution in [0.2, 0.25) is 0 Å².